The Morgan fingerprint density at radius 3 is 3.00 bits per heavy atom. The van der Waals surface area contributed by atoms with Crippen LogP contribution in [-0.2, 0) is 13.6 Å². The number of carbonyl (C=O) groups excluding carboxylic acids is 1. The Hall–Kier alpha value is -3.22. The van der Waals surface area contributed by atoms with E-state index in [9.17, 15) is 4.79 Å². The molecule has 7 heteroatoms. The quantitative estimate of drug-likeness (QED) is 0.626. The van der Waals surface area contributed by atoms with Crippen LogP contribution in [0.25, 0.3) is 22.1 Å². The Morgan fingerprint density at radius 2 is 2.13 bits per heavy atom. The monoisotopic (exact) mass is 307 g/mol. The lowest BCUT2D eigenvalue weighted by atomic mass is 10.2. The van der Waals surface area contributed by atoms with E-state index in [1.807, 2.05) is 31.3 Å². The maximum atomic E-state index is 12.4. The number of hydrogen-bond donors (Lipinski definition) is 1. The summed E-state index contributed by atoms with van der Waals surface area (Å²) < 4.78 is 7.22. The van der Waals surface area contributed by atoms with Crippen LogP contribution in [-0.4, -0.2) is 25.7 Å². The molecule has 0 atom stereocenters. The fourth-order valence-electron chi connectivity index (χ4n) is 2.51. The van der Waals surface area contributed by atoms with E-state index in [2.05, 4.69) is 20.4 Å². The number of aryl methyl sites for hydroxylation is 1. The molecular weight excluding hydrogens is 294 g/mol. The van der Waals surface area contributed by atoms with Gasteiger partial charge in [-0.05, 0) is 18.2 Å². The van der Waals surface area contributed by atoms with Crippen molar-refractivity contribution in [2.45, 2.75) is 6.54 Å². The molecule has 0 unspecified atom stereocenters. The van der Waals surface area contributed by atoms with Gasteiger partial charge in [0.15, 0.2) is 16.9 Å². The van der Waals surface area contributed by atoms with E-state index in [0.29, 0.717) is 22.8 Å². The first-order valence-corrected chi connectivity index (χ1v) is 7.13. The van der Waals surface area contributed by atoms with Crippen LogP contribution < -0.4 is 5.32 Å². The van der Waals surface area contributed by atoms with Crippen molar-refractivity contribution in [3.05, 3.63) is 54.2 Å². The SMILES string of the molecule is Cn1nc(C(=O)NCc2nc3ncccc3o2)c2ccccc21. The zero-order valence-electron chi connectivity index (χ0n) is 12.4. The first-order chi connectivity index (χ1) is 11.2. The molecule has 0 aliphatic heterocycles. The first-order valence-electron chi connectivity index (χ1n) is 7.13. The van der Waals surface area contributed by atoms with Crippen LogP contribution in [0.2, 0.25) is 0 Å². The highest BCUT2D eigenvalue weighted by atomic mass is 16.3. The van der Waals surface area contributed by atoms with Crippen LogP contribution in [0.1, 0.15) is 16.4 Å². The van der Waals surface area contributed by atoms with Gasteiger partial charge in [0.1, 0.15) is 0 Å². The third-order valence-corrected chi connectivity index (χ3v) is 3.58. The van der Waals surface area contributed by atoms with Gasteiger partial charge in [0, 0.05) is 18.6 Å². The number of nitrogens with one attached hydrogen (secondary N) is 1. The van der Waals surface area contributed by atoms with Gasteiger partial charge in [-0.3, -0.25) is 9.48 Å². The number of aromatic nitrogens is 4. The number of rotatable bonds is 3. The lowest BCUT2D eigenvalue weighted by Crippen LogP contribution is -2.23. The maximum absolute atomic E-state index is 12.4. The summed E-state index contributed by atoms with van der Waals surface area (Å²) in [6.45, 7) is 0.181. The molecule has 0 saturated heterocycles. The minimum Gasteiger partial charge on any atom is -0.437 e. The molecule has 0 saturated carbocycles. The predicted octanol–water partition coefficient (Wildman–Crippen LogP) is 2.04. The molecule has 0 aliphatic rings. The zero-order valence-corrected chi connectivity index (χ0v) is 12.4. The number of para-hydroxylation sites is 1. The molecule has 0 bridgehead atoms. The molecule has 4 rings (SSSR count). The number of carbonyl (C=O) groups is 1. The predicted molar refractivity (Wildman–Crippen MR) is 83.7 cm³/mol. The van der Waals surface area contributed by atoms with Gasteiger partial charge < -0.3 is 9.73 Å². The Kier molecular flexibility index (Phi) is 3.04. The van der Waals surface area contributed by atoms with Crippen molar-refractivity contribution in [1.82, 2.24) is 25.1 Å². The number of hydrogen-bond acceptors (Lipinski definition) is 5. The molecule has 0 spiro atoms. The van der Waals surface area contributed by atoms with Gasteiger partial charge in [-0.25, -0.2) is 4.98 Å². The van der Waals surface area contributed by atoms with E-state index >= 15 is 0 Å². The average Bonchev–Trinajstić information content (AvgIpc) is 3.14. The minimum absolute atomic E-state index is 0.181. The number of fused-ring (bicyclic) bond motifs is 2. The summed E-state index contributed by atoms with van der Waals surface area (Å²) in [6, 6.07) is 11.2. The molecule has 0 aliphatic carbocycles. The number of pyridine rings is 1. The number of benzene rings is 1. The smallest absolute Gasteiger partial charge is 0.272 e. The van der Waals surface area contributed by atoms with Crippen molar-refractivity contribution in [2.75, 3.05) is 0 Å². The molecule has 114 valence electrons. The highest BCUT2D eigenvalue weighted by Gasteiger charge is 2.16. The second-order valence-electron chi connectivity index (χ2n) is 5.10. The molecule has 1 N–H and O–H groups in total. The largest absolute Gasteiger partial charge is 0.437 e. The summed E-state index contributed by atoms with van der Waals surface area (Å²) >= 11 is 0. The molecule has 0 fully saturated rings. The van der Waals surface area contributed by atoms with Crippen molar-refractivity contribution >= 4 is 28.0 Å². The second-order valence-corrected chi connectivity index (χ2v) is 5.10. The van der Waals surface area contributed by atoms with Gasteiger partial charge in [0.05, 0.1) is 12.1 Å². The van der Waals surface area contributed by atoms with E-state index in [1.165, 1.54) is 0 Å². The Bertz CT molecular complexity index is 985. The summed E-state index contributed by atoms with van der Waals surface area (Å²) in [5.74, 6) is 0.143. The van der Waals surface area contributed by atoms with Crippen LogP contribution >= 0.6 is 0 Å². The summed E-state index contributed by atoms with van der Waals surface area (Å²) in [5.41, 5.74) is 2.42. The Balaban J connectivity index is 1.57. The lowest BCUT2D eigenvalue weighted by Gasteiger charge is -1.99. The highest BCUT2D eigenvalue weighted by Crippen LogP contribution is 2.17. The van der Waals surface area contributed by atoms with Gasteiger partial charge in [-0.2, -0.15) is 10.1 Å². The van der Waals surface area contributed by atoms with Gasteiger partial charge in [-0.15, -0.1) is 0 Å². The summed E-state index contributed by atoms with van der Waals surface area (Å²) in [7, 11) is 1.81. The van der Waals surface area contributed by atoms with Crippen molar-refractivity contribution in [3.8, 4) is 0 Å². The van der Waals surface area contributed by atoms with E-state index in [-0.39, 0.29) is 12.5 Å². The molecule has 3 aromatic heterocycles. The third kappa shape index (κ3) is 2.32. The van der Waals surface area contributed by atoms with Crippen molar-refractivity contribution in [1.29, 1.82) is 0 Å². The summed E-state index contributed by atoms with van der Waals surface area (Å²) in [6.07, 6.45) is 1.65. The molecule has 3 heterocycles. The summed E-state index contributed by atoms with van der Waals surface area (Å²) in [5, 5.41) is 7.88. The topological polar surface area (TPSA) is 85.8 Å². The zero-order chi connectivity index (χ0) is 15.8. The van der Waals surface area contributed by atoms with Crippen LogP contribution in [0.15, 0.2) is 47.0 Å². The van der Waals surface area contributed by atoms with Crippen molar-refractivity contribution in [3.63, 3.8) is 0 Å². The maximum Gasteiger partial charge on any atom is 0.272 e. The second kappa shape index (κ2) is 5.20. The fraction of sp³-hybridized carbons (Fsp3) is 0.125. The van der Waals surface area contributed by atoms with E-state index in [0.717, 1.165) is 10.9 Å². The number of nitrogens with zero attached hydrogens (tertiary/aromatic N) is 4. The molecule has 4 aromatic rings. The molecule has 1 aromatic carbocycles. The van der Waals surface area contributed by atoms with E-state index in [1.54, 1.807) is 23.0 Å². The van der Waals surface area contributed by atoms with E-state index < -0.39 is 0 Å². The number of oxazole rings is 1. The lowest BCUT2D eigenvalue weighted by molar-refractivity contribution is 0.0943. The molecule has 23 heavy (non-hydrogen) atoms. The Morgan fingerprint density at radius 1 is 1.26 bits per heavy atom. The molecular formula is C16H13N5O2. The van der Waals surface area contributed by atoms with Gasteiger partial charge in [0.2, 0.25) is 5.89 Å². The minimum atomic E-state index is -0.267. The van der Waals surface area contributed by atoms with Crippen LogP contribution in [0.3, 0.4) is 0 Å². The molecule has 0 radical (unpaired) electrons. The number of amides is 1. The molecule has 1 amide bonds. The molecule has 7 nitrogen and oxygen atoms in total. The fourth-order valence-corrected chi connectivity index (χ4v) is 2.51. The van der Waals surface area contributed by atoms with Crippen LogP contribution in [0.4, 0.5) is 0 Å². The van der Waals surface area contributed by atoms with Crippen molar-refractivity contribution in [2.24, 2.45) is 7.05 Å². The van der Waals surface area contributed by atoms with Gasteiger partial charge in [-0.1, -0.05) is 18.2 Å². The first kappa shape index (κ1) is 13.4. The normalized spacial score (nSPS) is 11.2. The van der Waals surface area contributed by atoms with Gasteiger partial charge >= 0.3 is 0 Å². The highest BCUT2D eigenvalue weighted by molar-refractivity contribution is 6.04. The average molecular weight is 307 g/mol. The van der Waals surface area contributed by atoms with Gasteiger partial charge in [0.25, 0.3) is 5.91 Å². The van der Waals surface area contributed by atoms with Crippen LogP contribution in [0, 0.1) is 0 Å². The standard InChI is InChI=1S/C16H13N5O2/c1-21-11-6-3-2-5-10(11)14(20-21)16(22)18-9-13-19-15-12(23-13)7-4-8-17-15/h2-8H,9H2,1H3,(H,18,22). The van der Waals surface area contributed by atoms with Crippen LogP contribution in [0.5, 0.6) is 0 Å². The summed E-state index contributed by atoms with van der Waals surface area (Å²) in [4.78, 5) is 20.7. The Labute approximate surface area is 130 Å². The van der Waals surface area contributed by atoms with E-state index in [4.69, 9.17) is 4.42 Å². The van der Waals surface area contributed by atoms with Crippen molar-refractivity contribution < 1.29 is 9.21 Å². The third-order valence-electron chi connectivity index (χ3n) is 3.58.